The number of aromatic amines is 1. The van der Waals surface area contributed by atoms with Crippen molar-refractivity contribution in [3.05, 3.63) is 18.2 Å². The van der Waals surface area contributed by atoms with Crippen molar-refractivity contribution in [1.82, 2.24) is 20.6 Å². The summed E-state index contributed by atoms with van der Waals surface area (Å²) in [6.45, 7) is 0. The molecule has 0 unspecified atom stereocenters. The number of rotatable bonds is 1. The number of hydrogen-bond acceptors (Lipinski definition) is 5. The van der Waals surface area contributed by atoms with Crippen LogP contribution < -0.4 is 0 Å². The van der Waals surface area contributed by atoms with Crippen LogP contribution in [-0.2, 0) is 0 Å². The SMILES string of the molecule is Oc1cc(O)cc(-c2nn[nH]n2)c1. The molecule has 2 rings (SSSR count). The molecule has 3 N–H and O–H groups in total. The van der Waals surface area contributed by atoms with Crippen molar-refractivity contribution < 1.29 is 10.2 Å². The Morgan fingerprint density at radius 2 is 1.77 bits per heavy atom. The highest BCUT2D eigenvalue weighted by atomic mass is 16.3. The fourth-order valence-electron chi connectivity index (χ4n) is 1.01. The van der Waals surface area contributed by atoms with E-state index in [0.717, 1.165) is 0 Å². The Kier molecular flexibility index (Phi) is 1.59. The summed E-state index contributed by atoms with van der Waals surface area (Å²) in [4.78, 5) is 0. The van der Waals surface area contributed by atoms with Gasteiger partial charge in [0, 0.05) is 11.6 Å². The number of H-pyrrole nitrogens is 1. The zero-order chi connectivity index (χ0) is 9.26. The minimum Gasteiger partial charge on any atom is -0.508 e. The summed E-state index contributed by atoms with van der Waals surface area (Å²) < 4.78 is 0. The zero-order valence-corrected chi connectivity index (χ0v) is 6.47. The van der Waals surface area contributed by atoms with Crippen LogP contribution in [0.3, 0.4) is 0 Å². The topological polar surface area (TPSA) is 94.9 Å². The molecule has 6 heteroatoms. The molecule has 13 heavy (non-hydrogen) atoms. The van der Waals surface area contributed by atoms with Gasteiger partial charge < -0.3 is 10.2 Å². The zero-order valence-electron chi connectivity index (χ0n) is 6.47. The maximum atomic E-state index is 9.15. The molecule has 2 aromatic rings. The van der Waals surface area contributed by atoms with Crippen LogP contribution in [0.2, 0.25) is 0 Å². The molecule has 1 aromatic heterocycles. The van der Waals surface area contributed by atoms with Gasteiger partial charge in [-0.2, -0.15) is 5.21 Å². The number of hydrogen-bond donors (Lipinski definition) is 3. The van der Waals surface area contributed by atoms with Gasteiger partial charge in [0.1, 0.15) is 11.5 Å². The predicted octanol–water partition coefficient (Wildman–Crippen LogP) is 0.278. The lowest BCUT2D eigenvalue weighted by Gasteiger charge is -1.97. The lowest BCUT2D eigenvalue weighted by Crippen LogP contribution is -1.80. The van der Waals surface area contributed by atoms with Gasteiger partial charge in [-0.25, -0.2) is 0 Å². The van der Waals surface area contributed by atoms with Gasteiger partial charge in [0.05, 0.1) is 0 Å². The highest BCUT2D eigenvalue weighted by Crippen LogP contribution is 2.25. The fraction of sp³-hybridized carbons (Fsp3) is 0. The molecule has 1 aromatic carbocycles. The first kappa shape index (κ1) is 7.53. The molecule has 0 spiro atoms. The summed E-state index contributed by atoms with van der Waals surface area (Å²) in [7, 11) is 0. The summed E-state index contributed by atoms with van der Waals surface area (Å²) in [5.41, 5.74) is 0.506. The second-order valence-electron chi connectivity index (χ2n) is 2.47. The van der Waals surface area contributed by atoms with Crippen LogP contribution in [0.25, 0.3) is 11.4 Å². The van der Waals surface area contributed by atoms with Crippen molar-refractivity contribution in [2.45, 2.75) is 0 Å². The number of benzene rings is 1. The van der Waals surface area contributed by atoms with E-state index in [0.29, 0.717) is 11.4 Å². The molecular formula is C7H6N4O2. The lowest BCUT2D eigenvalue weighted by molar-refractivity contribution is 0.451. The number of phenolic OH excluding ortho intramolecular Hbond substituents is 2. The van der Waals surface area contributed by atoms with E-state index in [2.05, 4.69) is 20.6 Å². The third kappa shape index (κ3) is 1.41. The third-order valence-corrected chi connectivity index (χ3v) is 1.51. The molecule has 1 heterocycles. The number of phenols is 2. The Bertz CT molecular complexity index is 392. The minimum absolute atomic E-state index is 0.0419. The van der Waals surface area contributed by atoms with Gasteiger partial charge in [0.25, 0.3) is 0 Å². The monoisotopic (exact) mass is 178 g/mol. The number of nitrogens with zero attached hydrogens (tertiary/aromatic N) is 3. The van der Waals surface area contributed by atoms with Gasteiger partial charge >= 0.3 is 0 Å². The van der Waals surface area contributed by atoms with E-state index >= 15 is 0 Å². The van der Waals surface area contributed by atoms with Crippen LogP contribution in [0.4, 0.5) is 0 Å². The second-order valence-corrected chi connectivity index (χ2v) is 2.47. The molecule has 0 radical (unpaired) electrons. The molecule has 0 atom stereocenters. The molecule has 0 fully saturated rings. The van der Waals surface area contributed by atoms with Crippen molar-refractivity contribution in [2.75, 3.05) is 0 Å². The maximum Gasteiger partial charge on any atom is 0.204 e. The average Bonchev–Trinajstić information content (AvgIpc) is 2.53. The first-order chi connectivity index (χ1) is 6.25. The van der Waals surface area contributed by atoms with E-state index in [1.807, 2.05) is 0 Å². The Hall–Kier alpha value is -2.11. The van der Waals surface area contributed by atoms with Gasteiger partial charge in [-0.3, -0.25) is 0 Å². The minimum atomic E-state index is -0.0419. The van der Waals surface area contributed by atoms with Crippen molar-refractivity contribution >= 4 is 0 Å². The Labute approximate surface area is 72.9 Å². The average molecular weight is 178 g/mol. The normalized spacial score (nSPS) is 10.2. The van der Waals surface area contributed by atoms with Gasteiger partial charge in [-0.1, -0.05) is 0 Å². The molecule has 0 bridgehead atoms. The summed E-state index contributed by atoms with van der Waals surface area (Å²) in [6.07, 6.45) is 0. The van der Waals surface area contributed by atoms with Crippen molar-refractivity contribution in [2.24, 2.45) is 0 Å². The van der Waals surface area contributed by atoms with Crippen molar-refractivity contribution in [3.8, 4) is 22.9 Å². The standard InChI is InChI=1S/C7H6N4O2/c12-5-1-4(2-6(13)3-5)7-8-10-11-9-7/h1-3,12-13H,(H,8,9,10,11). The summed E-state index contributed by atoms with van der Waals surface area (Å²) in [5, 5.41) is 31.3. The Morgan fingerprint density at radius 3 is 2.31 bits per heavy atom. The molecule has 0 aliphatic carbocycles. The van der Waals surface area contributed by atoms with E-state index in [1.54, 1.807) is 0 Å². The van der Waals surface area contributed by atoms with Gasteiger partial charge in [0.2, 0.25) is 5.82 Å². The molecular weight excluding hydrogens is 172 g/mol. The Morgan fingerprint density at radius 1 is 1.08 bits per heavy atom. The number of tetrazole rings is 1. The summed E-state index contributed by atoms with van der Waals surface area (Å²) in [6, 6.07) is 4.10. The number of nitrogens with one attached hydrogen (secondary N) is 1. The number of aromatic nitrogens is 4. The predicted molar refractivity (Wildman–Crippen MR) is 42.9 cm³/mol. The molecule has 66 valence electrons. The second kappa shape index (κ2) is 2.74. The molecule has 0 saturated heterocycles. The first-order valence-corrected chi connectivity index (χ1v) is 3.52. The van der Waals surface area contributed by atoms with Crippen molar-refractivity contribution in [3.63, 3.8) is 0 Å². The smallest absolute Gasteiger partial charge is 0.204 e. The van der Waals surface area contributed by atoms with Crippen LogP contribution in [0.15, 0.2) is 18.2 Å². The van der Waals surface area contributed by atoms with Gasteiger partial charge in [0.15, 0.2) is 0 Å². The quantitative estimate of drug-likeness (QED) is 0.582. The van der Waals surface area contributed by atoms with Crippen LogP contribution in [0.5, 0.6) is 11.5 Å². The Balaban J connectivity index is 2.53. The highest BCUT2D eigenvalue weighted by molar-refractivity contribution is 5.59. The number of aromatic hydroxyl groups is 2. The van der Waals surface area contributed by atoms with E-state index in [9.17, 15) is 0 Å². The molecule has 0 aliphatic rings. The van der Waals surface area contributed by atoms with Crippen LogP contribution in [0.1, 0.15) is 0 Å². The van der Waals surface area contributed by atoms with E-state index in [-0.39, 0.29) is 11.5 Å². The summed E-state index contributed by atoms with van der Waals surface area (Å²) >= 11 is 0. The van der Waals surface area contributed by atoms with E-state index in [4.69, 9.17) is 10.2 Å². The molecule has 0 aliphatic heterocycles. The van der Waals surface area contributed by atoms with Gasteiger partial charge in [-0.05, 0) is 17.3 Å². The highest BCUT2D eigenvalue weighted by Gasteiger charge is 2.05. The van der Waals surface area contributed by atoms with Gasteiger partial charge in [-0.15, -0.1) is 10.2 Å². The summed E-state index contributed by atoms with van der Waals surface area (Å²) in [5.74, 6) is 0.241. The van der Waals surface area contributed by atoms with Crippen molar-refractivity contribution in [1.29, 1.82) is 0 Å². The maximum absolute atomic E-state index is 9.15. The largest absolute Gasteiger partial charge is 0.508 e. The molecule has 6 nitrogen and oxygen atoms in total. The van der Waals surface area contributed by atoms with E-state index < -0.39 is 0 Å². The fourth-order valence-corrected chi connectivity index (χ4v) is 1.01. The molecule has 0 saturated carbocycles. The first-order valence-electron chi connectivity index (χ1n) is 3.52. The molecule has 0 amide bonds. The van der Waals surface area contributed by atoms with Crippen LogP contribution >= 0.6 is 0 Å². The van der Waals surface area contributed by atoms with E-state index in [1.165, 1.54) is 18.2 Å². The third-order valence-electron chi connectivity index (χ3n) is 1.51. The lowest BCUT2D eigenvalue weighted by atomic mass is 10.2. The van der Waals surface area contributed by atoms with Crippen LogP contribution in [-0.4, -0.2) is 30.8 Å². The van der Waals surface area contributed by atoms with Crippen LogP contribution in [0, 0.1) is 0 Å².